The van der Waals surface area contributed by atoms with Crippen LogP contribution < -0.4 is 0 Å². The van der Waals surface area contributed by atoms with Crippen molar-refractivity contribution >= 4 is 5.78 Å². The lowest BCUT2D eigenvalue weighted by molar-refractivity contribution is -0.368. The lowest BCUT2D eigenvalue weighted by atomic mass is 9.43. The zero-order valence-corrected chi connectivity index (χ0v) is 16.8. The third-order valence-electron chi connectivity index (χ3n) is 9.07. The van der Waals surface area contributed by atoms with Crippen molar-refractivity contribution in [2.75, 3.05) is 0 Å². The Hall–Kier alpha value is -1.09. The molecule has 0 amide bonds. The SMILES string of the molecule is C[C@]12CCC(=O)C=C1CC[C@H]1[C@@H]3CC[C@@](O)(C(F)(F)C(F)(F)F)[C@@]3(C)C[C@H](O)[C@@]12F. The first kappa shape index (κ1) is 22.1. The molecule has 7 atom stereocenters. The highest BCUT2D eigenvalue weighted by Gasteiger charge is 2.81. The lowest BCUT2D eigenvalue weighted by Gasteiger charge is -2.64. The van der Waals surface area contributed by atoms with Gasteiger partial charge in [0.25, 0.3) is 0 Å². The summed E-state index contributed by atoms with van der Waals surface area (Å²) in [4.78, 5) is 11.8. The number of hydrogen-bond donors (Lipinski definition) is 2. The quantitative estimate of drug-likeness (QED) is 0.590. The van der Waals surface area contributed by atoms with Gasteiger partial charge in [0.05, 0.1) is 6.10 Å². The number of alkyl halides is 6. The zero-order valence-electron chi connectivity index (χ0n) is 16.8. The molecule has 170 valence electrons. The number of carbonyl (C=O) groups excluding carboxylic acids is 1. The van der Waals surface area contributed by atoms with Crippen LogP contribution in [0.5, 0.6) is 0 Å². The first-order chi connectivity index (χ1) is 13.6. The van der Waals surface area contributed by atoms with Crippen molar-refractivity contribution < 1.29 is 41.4 Å². The molecule has 2 N–H and O–H groups in total. The van der Waals surface area contributed by atoms with Gasteiger partial charge in [-0.25, -0.2) is 4.39 Å². The fraction of sp³-hybridized carbons (Fsp3) is 0.857. The van der Waals surface area contributed by atoms with E-state index in [2.05, 4.69) is 0 Å². The third-order valence-corrected chi connectivity index (χ3v) is 9.07. The molecular weight excluding hydrogens is 414 g/mol. The van der Waals surface area contributed by atoms with Gasteiger partial charge < -0.3 is 10.2 Å². The van der Waals surface area contributed by atoms with Crippen LogP contribution in [0.25, 0.3) is 0 Å². The molecule has 9 heteroatoms. The van der Waals surface area contributed by atoms with Crippen LogP contribution in [0.3, 0.4) is 0 Å². The van der Waals surface area contributed by atoms with Crippen LogP contribution in [-0.4, -0.2) is 45.5 Å². The Morgan fingerprint density at radius 3 is 2.27 bits per heavy atom. The van der Waals surface area contributed by atoms with E-state index in [1.54, 1.807) is 6.92 Å². The Bertz CT molecular complexity index is 809. The van der Waals surface area contributed by atoms with E-state index in [9.17, 15) is 37.0 Å². The Balaban J connectivity index is 1.81. The van der Waals surface area contributed by atoms with Crippen molar-refractivity contribution in [3.8, 4) is 0 Å². The molecule has 0 saturated heterocycles. The second-order valence-electron chi connectivity index (χ2n) is 10.1. The van der Waals surface area contributed by atoms with Gasteiger partial charge in [0.15, 0.2) is 5.78 Å². The van der Waals surface area contributed by atoms with Crippen LogP contribution >= 0.6 is 0 Å². The van der Waals surface area contributed by atoms with Crippen molar-refractivity contribution in [2.45, 2.75) is 88.3 Å². The summed E-state index contributed by atoms with van der Waals surface area (Å²) in [6.07, 6.45) is -7.45. The van der Waals surface area contributed by atoms with Gasteiger partial charge in [-0.15, -0.1) is 0 Å². The average molecular weight is 440 g/mol. The molecule has 0 unspecified atom stereocenters. The summed E-state index contributed by atoms with van der Waals surface area (Å²) >= 11 is 0. The van der Waals surface area contributed by atoms with Crippen LogP contribution in [0, 0.1) is 22.7 Å². The molecule has 0 radical (unpaired) electrons. The summed E-state index contributed by atoms with van der Waals surface area (Å²) in [6.45, 7) is 2.74. The van der Waals surface area contributed by atoms with Crippen LogP contribution in [0.1, 0.15) is 58.8 Å². The van der Waals surface area contributed by atoms with E-state index in [-0.39, 0.29) is 31.5 Å². The number of carbonyl (C=O) groups is 1. The van der Waals surface area contributed by atoms with Gasteiger partial charge in [-0.3, -0.25) is 4.79 Å². The number of fused-ring (bicyclic) bond motifs is 5. The molecule has 30 heavy (non-hydrogen) atoms. The highest BCUT2D eigenvalue weighted by atomic mass is 19.4. The van der Waals surface area contributed by atoms with E-state index in [1.807, 2.05) is 0 Å². The van der Waals surface area contributed by atoms with Gasteiger partial charge in [-0.05, 0) is 50.5 Å². The van der Waals surface area contributed by atoms with E-state index >= 15 is 4.39 Å². The number of ketones is 1. The normalized spacial score (nSPS) is 49.2. The van der Waals surface area contributed by atoms with Crippen molar-refractivity contribution in [1.82, 2.24) is 0 Å². The summed E-state index contributed by atoms with van der Waals surface area (Å²) < 4.78 is 85.3. The van der Waals surface area contributed by atoms with Gasteiger partial charge in [0.1, 0.15) is 11.3 Å². The first-order valence-electron chi connectivity index (χ1n) is 10.3. The second-order valence-corrected chi connectivity index (χ2v) is 10.1. The lowest BCUT2D eigenvalue weighted by Crippen LogP contribution is -2.71. The van der Waals surface area contributed by atoms with Crippen LogP contribution in [0.4, 0.5) is 26.3 Å². The molecule has 0 aromatic rings. The van der Waals surface area contributed by atoms with Crippen LogP contribution in [-0.2, 0) is 4.79 Å². The standard InChI is InChI=1S/C21H26F6O3/c1-16-7-5-12(28)9-11(16)3-4-14-13-6-8-18(30,20(23,24)21(25,26)27)17(13,2)10-15(29)19(14,16)22/h9,13-15,29-30H,3-8,10H2,1-2H3/t13-,14-,15-,16-,17-,18-,19-/m0/s1. The van der Waals surface area contributed by atoms with Crippen molar-refractivity contribution in [3.05, 3.63) is 11.6 Å². The smallest absolute Gasteiger partial charge is 0.390 e. The van der Waals surface area contributed by atoms with Gasteiger partial charge in [0.2, 0.25) is 0 Å². The molecule has 0 aromatic heterocycles. The van der Waals surface area contributed by atoms with E-state index < -0.39 is 65.0 Å². The Morgan fingerprint density at radius 1 is 1.03 bits per heavy atom. The maximum atomic E-state index is 16.8. The summed E-state index contributed by atoms with van der Waals surface area (Å²) in [6, 6.07) is 0. The zero-order chi connectivity index (χ0) is 22.5. The van der Waals surface area contributed by atoms with E-state index in [1.165, 1.54) is 6.08 Å². The number of aliphatic hydroxyl groups excluding tert-OH is 1. The van der Waals surface area contributed by atoms with Crippen LogP contribution in [0.2, 0.25) is 0 Å². The molecular formula is C21H26F6O3. The number of aliphatic hydroxyl groups is 2. The second kappa shape index (κ2) is 6.03. The molecule has 4 rings (SSSR count). The topological polar surface area (TPSA) is 57.5 Å². The summed E-state index contributed by atoms with van der Waals surface area (Å²) in [5.41, 5.74) is -8.33. The van der Waals surface area contributed by atoms with Gasteiger partial charge in [0, 0.05) is 23.2 Å². The fourth-order valence-corrected chi connectivity index (χ4v) is 7.33. The molecule has 0 bridgehead atoms. The Labute approximate surface area is 170 Å². The molecule has 3 saturated carbocycles. The fourth-order valence-electron chi connectivity index (χ4n) is 7.33. The molecule has 0 aliphatic heterocycles. The summed E-state index contributed by atoms with van der Waals surface area (Å²) in [5, 5.41) is 21.7. The minimum atomic E-state index is -5.97. The molecule has 0 aromatic carbocycles. The molecule has 4 aliphatic rings. The minimum Gasteiger partial charge on any atom is -0.390 e. The maximum absolute atomic E-state index is 16.8. The number of rotatable bonds is 1. The molecule has 0 heterocycles. The largest absolute Gasteiger partial charge is 0.456 e. The van der Waals surface area contributed by atoms with Gasteiger partial charge in [-0.1, -0.05) is 19.4 Å². The molecule has 3 nitrogen and oxygen atoms in total. The summed E-state index contributed by atoms with van der Waals surface area (Å²) in [7, 11) is 0. The summed E-state index contributed by atoms with van der Waals surface area (Å²) in [5.74, 6) is -7.46. The first-order valence-corrected chi connectivity index (χ1v) is 10.3. The van der Waals surface area contributed by atoms with Crippen molar-refractivity contribution in [3.63, 3.8) is 0 Å². The predicted molar refractivity (Wildman–Crippen MR) is 94.4 cm³/mol. The highest BCUT2D eigenvalue weighted by molar-refractivity contribution is 5.91. The minimum absolute atomic E-state index is 0.0864. The van der Waals surface area contributed by atoms with Gasteiger partial charge >= 0.3 is 12.1 Å². The Morgan fingerprint density at radius 2 is 1.67 bits per heavy atom. The van der Waals surface area contributed by atoms with Crippen molar-refractivity contribution in [2.24, 2.45) is 22.7 Å². The average Bonchev–Trinajstić information content (AvgIpc) is 2.89. The van der Waals surface area contributed by atoms with E-state index in [0.29, 0.717) is 12.0 Å². The Kier molecular flexibility index (Phi) is 4.44. The highest BCUT2D eigenvalue weighted by Crippen LogP contribution is 2.72. The van der Waals surface area contributed by atoms with Crippen molar-refractivity contribution in [1.29, 1.82) is 0 Å². The number of allylic oxidation sites excluding steroid dienone is 1. The monoisotopic (exact) mass is 440 g/mol. The molecule has 4 aliphatic carbocycles. The predicted octanol–water partition coefficient (Wildman–Crippen LogP) is 4.51. The molecule has 0 spiro atoms. The van der Waals surface area contributed by atoms with Gasteiger partial charge in [-0.2, -0.15) is 22.0 Å². The van der Waals surface area contributed by atoms with E-state index in [0.717, 1.165) is 6.92 Å². The molecule has 3 fully saturated rings. The van der Waals surface area contributed by atoms with Crippen LogP contribution in [0.15, 0.2) is 11.6 Å². The maximum Gasteiger partial charge on any atom is 0.456 e. The van der Waals surface area contributed by atoms with E-state index in [4.69, 9.17) is 0 Å². The number of halogens is 6. The number of hydrogen-bond acceptors (Lipinski definition) is 3. The third kappa shape index (κ3) is 2.29.